The summed E-state index contributed by atoms with van der Waals surface area (Å²) in [4.78, 5) is 26.2. The lowest BCUT2D eigenvalue weighted by atomic mass is 9.83. The van der Waals surface area contributed by atoms with E-state index in [1.165, 1.54) is 25.7 Å². The lowest BCUT2D eigenvalue weighted by molar-refractivity contribution is -0.157. The van der Waals surface area contributed by atoms with Gasteiger partial charge in [-0.2, -0.15) is 0 Å². The molecule has 5 heteroatoms. The summed E-state index contributed by atoms with van der Waals surface area (Å²) in [6, 6.07) is 0. The number of carbonyl (C=O) groups excluding carboxylic acids is 2. The van der Waals surface area contributed by atoms with Crippen LogP contribution in [0.4, 0.5) is 0 Å². The summed E-state index contributed by atoms with van der Waals surface area (Å²) in [7, 11) is 1.75. The fourth-order valence-electron chi connectivity index (χ4n) is 8.54. The SMILES string of the molecule is COCC(C)CCCCC(CCOC(=O)C(C)CC(C)CC(C)CC(C)CC(C)C)OC(=O)C(C)CC(C)CC(C)CC(C)CC(C)C. The van der Waals surface area contributed by atoms with Crippen molar-refractivity contribution in [1.82, 2.24) is 0 Å². The van der Waals surface area contributed by atoms with Gasteiger partial charge in [0.25, 0.3) is 0 Å². The number of methoxy groups -OCH3 is 1. The highest BCUT2D eigenvalue weighted by atomic mass is 16.6. The Morgan fingerprint density at radius 2 is 0.854 bits per heavy atom. The lowest BCUT2D eigenvalue weighted by Gasteiger charge is -2.25. The van der Waals surface area contributed by atoms with Crippen LogP contribution in [0.2, 0.25) is 0 Å². The van der Waals surface area contributed by atoms with Crippen LogP contribution >= 0.6 is 0 Å². The Kier molecular flexibility index (Phi) is 26.1. The highest BCUT2D eigenvalue weighted by Gasteiger charge is 2.25. The van der Waals surface area contributed by atoms with Gasteiger partial charge in [0.05, 0.1) is 18.4 Å². The van der Waals surface area contributed by atoms with Crippen molar-refractivity contribution in [1.29, 1.82) is 0 Å². The largest absolute Gasteiger partial charge is 0.465 e. The van der Waals surface area contributed by atoms with Gasteiger partial charge in [0.15, 0.2) is 0 Å². The topological polar surface area (TPSA) is 61.8 Å². The number of hydrogen-bond donors (Lipinski definition) is 0. The van der Waals surface area contributed by atoms with Crippen molar-refractivity contribution in [2.45, 2.75) is 180 Å². The maximum absolute atomic E-state index is 13.3. The number of hydrogen-bond acceptors (Lipinski definition) is 5. The van der Waals surface area contributed by atoms with Gasteiger partial charge in [0, 0.05) is 20.1 Å². The van der Waals surface area contributed by atoms with E-state index in [9.17, 15) is 9.59 Å². The van der Waals surface area contributed by atoms with Gasteiger partial charge in [0.2, 0.25) is 0 Å². The van der Waals surface area contributed by atoms with E-state index in [1.807, 2.05) is 13.8 Å². The molecule has 0 aliphatic heterocycles. The number of carbonyl (C=O) groups is 2. The molecule has 0 aliphatic rings. The van der Waals surface area contributed by atoms with Gasteiger partial charge in [-0.25, -0.2) is 0 Å². The van der Waals surface area contributed by atoms with Gasteiger partial charge in [-0.05, 0) is 124 Å². The Balaban J connectivity index is 4.95. The first-order chi connectivity index (χ1) is 22.4. The molecule has 286 valence electrons. The molecule has 0 N–H and O–H groups in total. The third-order valence-electron chi connectivity index (χ3n) is 10.2. The molecule has 0 bridgehead atoms. The maximum Gasteiger partial charge on any atom is 0.308 e. The van der Waals surface area contributed by atoms with Gasteiger partial charge >= 0.3 is 11.9 Å². The highest BCUT2D eigenvalue weighted by molar-refractivity contribution is 5.72. The first-order valence-electron chi connectivity index (χ1n) is 20.3. The molecule has 0 amide bonds. The molecule has 0 saturated heterocycles. The third-order valence-corrected chi connectivity index (χ3v) is 10.2. The van der Waals surface area contributed by atoms with Gasteiger partial charge in [-0.1, -0.05) is 96.4 Å². The number of rotatable bonds is 29. The molecular formula is C43H84O5. The van der Waals surface area contributed by atoms with Crippen LogP contribution in [0.15, 0.2) is 0 Å². The van der Waals surface area contributed by atoms with Gasteiger partial charge in [-0.15, -0.1) is 0 Å². The molecule has 0 spiro atoms. The second-order valence-corrected chi connectivity index (χ2v) is 18.0. The standard InChI is InChI=1S/C43H84O5/c1-30(2)21-33(6)23-35(8)25-37(10)27-39(12)42(44)47-20-19-41(18-16-15-17-32(5)29-46-14)48-43(45)40(13)28-38(11)26-36(9)24-34(7)22-31(3)4/h30-41H,15-29H2,1-14H3. The summed E-state index contributed by atoms with van der Waals surface area (Å²) >= 11 is 0. The van der Waals surface area contributed by atoms with Crippen LogP contribution in [0.25, 0.3) is 0 Å². The van der Waals surface area contributed by atoms with Crippen molar-refractivity contribution in [3.05, 3.63) is 0 Å². The average Bonchev–Trinajstić information content (AvgIpc) is 2.93. The minimum Gasteiger partial charge on any atom is -0.465 e. The zero-order valence-electron chi connectivity index (χ0n) is 34.6. The van der Waals surface area contributed by atoms with Crippen LogP contribution in [-0.4, -0.2) is 38.4 Å². The summed E-state index contributed by atoms with van der Waals surface area (Å²) in [5.74, 6) is 5.28. The summed E-state index contributed by atoms with van der Waals surface area (Å²) in [5, 5.41) is 0. The lowest BCUT2D eigenvalue weighted by Crippen LogP contribution is -2.27. The Hall–Kier alpha value is -1.10. The van der Waals surface area contributed by atoms with Crippen LogP contribution in [0.5, 0.6) is 0 Å². The van der Waals surface area contributed by atoms with E-state index >= 15 is 0 Å². The molecular weight excluding hydrogens is 596 g/mol. The number of esters is 2. The second-order valence-electron chi connectivity index (χ2n) is 18.0. The fraction of sp³-hybridized carbons (Fsp3) is 0.953. The molecule has 0 heterocycles. The second kappa shape index (κ2) is 26.7. The van der Waals surface area contributed by atoms with Crippen molar-refractivity contribution in [3.8, 4) is 0 Å². The van der Waals surface area contributed by atoms with E-state index in [2.05, 4.69) is 76.2 Å². The molecule has 0 saturated carbocycles. The molecule has 0 radical (unpaired) electrons. The van der Waals surface area contributed by atoms with E-state index in [4.69, 9.17) is 14.2 Å². The highest BCUT2D eigenvalue weighted by Crippen LogP contribution is 2.29. The van der Waals surface area contributed by atoms with E-state index in [1.54, 1.807) is 7.11 Å². The number of unbranched alkanes of at least 4 members (excludes halogenated alkanes) is 1. The van der Waals surface area contributed by atoms with Crippen LogP contribution in [-0.2, 0) is 23.8 Å². The van der Waals surface area contributed by atoms with Gasteiger partial charge in [-0.3, -0.25) is 9.59 Å². The summed E-state index contributed by atoms with van der Waals surface area (Å²) < 4.78 is 17.2. The van der Waals surface area contributed by atoms with E-state index in [-0.39, 0.29) is 29.9 Å². The van der Waals surface area contributed by atoms with Crippen LogP contribution < -0.4 is 0 Å². The van der Waals surface area contributed by atoms with Crippen molar-refractivity contribution in [2.75, 3.05) is 20.3 Å². The van der Waals surface area contributed by atoms with Gasteiger partial charge < -0.3 is 14.2 Å². The Morgan fingerprint density at radius 3 is 1.29 bits per heavy atom. The van der Waals surface area contributed by atoms with E-state index < -0.39 is 0 Å². The smallest absolute Gasteiger partial charge is 0.308 e. The normalized spacial score (nSPS) is 18.4. The summed E-state index contributed by atoms with van der Waals surface area (Å²) in [5.41, 5.74) is 0. The minimum atomic E-state index is -0.223. The Bertz CT molecular complexity index is 809. The van der Waals surface area contributed by atoms with Crippen LogP contribution in [0, 0.1) is 65.1 Å². The molecule has 0 fully saturated rings. The summed E-state index contributed by atoms with van der Waals surface area (Å²) in [6.45, 7) is 30.5. The molecule has 0 aromatic carbocycles. The zero-order chi connectivity index (χ0) is 36.8. The van der Waals surface area contributed by atoms with E-state index in [0.29, 0.717) is 42.6 Å². The summed E-state index contributed by atoms with van der Waals surface area (Å²) in [6.07, 6.45) is 13.3. The monoisotopic (exact) mass is 681 g/mol. The first-order valence-corrected chi connectivity index (χ1v) is 20.3. The Labute approximate surface area is 300 Å². The van der Waals surface area contributed by atoms with E-state index in [0.717, 1.165) is 81.6 Å². The predicted octanol–water partition coefficient (Wildman–Crippen LogP) is 12.2. The predicted molar refractivity (Wildman–Crippen MR) is 205 cm³/mol. The molecule has 0 aromatic rings. The molecule has 0 rings (SSSR count). The molecule has 48 heavy (non-hydrogen) atoms. The van der Waals surface area contributed by atoms with Gasteiger partial charge in [0.1, 0.15) is 6.10 Å². The third kappa shape index (κ3) is 24.9. The molecule has 0 aliphatic carbocycles. The number of ether oxygens (including phenoxy) is 3. The molecule has 10 atom stereocenters. The molecule has 10 unspecified atom stereocenters. The molecule has 5 nitrogen and oxygen atoms in total. The van der Waals surface area contributed by atoms with Crippen molar-refractivity contribution in [2.24, 2.45) is 65.1 Å². The van der Waals surface area contributed by atoms with Crippen molar-refractivity contribution in [3.63, 3.8) is 0 Å². The fourth-order valence-corrected chi connectivity index (χ4v) is 8.54. The van der Waals surface area contributed by atoms with Crippen LogP contribution in [0.1, 0.15) is 173 Å². The molecule has 0 aromatic heterocycles. The minimum absolute atomic E-state index is 0.106. The maximum atomic E-state index is 13.3. The van der Waals surface area contributed by atoms with Crippen LogP contribution in [0.3, 0.4) is 0 Å². The zero-order valence-corrected chi connectivity index (χ0v) is 34.6. The van der Waals surface area contributed by atoms with Crippen molar-refractivity contribution < 1.29 is 23.8 Å². The quantitative estimate of drug-likeness (QED) is 0.0581. The van der Waals surface area contributed by atoms with Crippen molar-refractivity contribution >= 4 is 11.9 Å². The average molecular weight is 681 g/mol. The Morgan fingerprint density at radius 1 is 0.458 bits per heavy atom. The first kappa shape index (κ1) is 46.9.